The number of halogens is 2. The monoisotopic (exact) mass is 281 g/mol. The van der Waals surface area contributed by atoms with E-state index in [4.69, 9.17) is 4.42 Å². The van der Waals surface area contributed by atoms with Gasteiger partial charge in [-0.15, -0.1) is 0 Å². The quantitative estimate of drug-likeness (QED) is 0.884. The number of benzene rings is 1. The van der Waals surface area contributed by atoms with E-state index in [2.05, 4.69) is 5.32 Å². The first-order chi connectivity index (χ1) is 9.59. The van der Waals surface area contributed by atoms with Crippen LogP contribution in [0.2, 0.25) is 0 Å². The van der Waals surface area contributed by atoms with Crippen LogP contribution in [0, 0.1) is 11.6 Å². The first-order valence-electron chi connectivity index (χ1n) is 6.02. The Kier molecular flexibility index (Phi) is 4.47. The predicted octanol–water partition coefficient (Wildman–Crippen LogP) is 2.41. The lowest BCUT2D eigenvalue weighted by Gasteiger charge is -2.10. The Bertz CT molecular complexity index is 564. The first kappa shape index (κ1) is 14.2. The molecule has 0 spiro atoms. The number of amides is 1. The van der Waals surface area contributed by atoms with Crippen molar-refractivity contribution in [2.45, 2.75) is 12.5 Å². The molecule has 0 bridgehead atoms. The van der Waals surface area contributed by atoms with E-state index in [1.807, 2.05) is 0 Å². The SMILES string of the molecule is O=C(NCCC(O)c1ccoc1)c1c(F)cccc1F. The summed E-state index contributed by atoms with van der Waals surface area (Å²) in [6, 6.07) is 4.81. The summed E-state index contributed by atoms with van der Waals surface area (Å²) in [7, 11) is 0. The van der Waals surface area contributed by atoms with E-state index in [1.54, 1.807) is 6.07 Å². The molecule has 0 aliphatic rings. The second kappa shape index (κ2) is 6.29. The van der Waals surface area contributed by atoms with Gasteiger partial charge in [-0.05, 0) is 24.6 Å². The van der Waals surface area contributed by atoms with Gasteiger partial charge in [-0.25, -0.2) is 8.78 Å². The van der Waals surface area contributed by atoms with Crippen molar-refractivity contribution >= 4 is 5.91 Å². The van der Waals surface area contributed by atoms with Crippen LogP contribution in [0.4, 0.5) is 8.78 Å². The van der Waals surface area contributed by atoms with Gasteiger partial charge in [0, 0.05) is 12.1 Å². The second-order valence-electron chi connectivity index (χ2n) is 4.21. The summed E-state index contributed by atoms with van der Waals surface area (Å²) in [6.45, 7) is 0.0823. The van der Waals surface area contributed by atoms with Crippen molar-refractivity contribution in [2.24, 2.45) is 0 Å². The maximum Gasteiger partial charge on any atom is 0.257 e. The summed E-state index contributed by atoms with van der Waals surface area (Å²) >= 11 is 0. The average Bonchev–Trinajstić information content (AvgIpc) is 2.92. The molecule has 1 atom stereocenters. The Hall–Kier alpha value is -2.21. The average molecular weight is 281 g/mol. The van der Waals surface area contributed by atoms with Gasteiger partial charge in [-0.2, -0.15) is 0 Å². The molecule has 1 aromatic heterocycles. The third-order valence-electron chi connectivity index (χ3n) is 2.82. The van der Waals surface area contributed by atoms with E-state index in [1.165, 1.54) is 18.6 Å². The summed E-state index contributed by atoms with van der Waals surface area (Å²) in [4.78, 5) is 11.7. The fraction of sp³-hybridized carbons (Fsp3) is 0.214. The number of hydrogen-bond donors (Lipinski definition) is 2. The fourth-order valence-corrected chi connectivity index (χ4v) is 1.76. The van der Waals surface area contributed by atoms with Crippen LogP contribution in [0.1, 0.15) is 28.4 Å². The lowest BCUT2D eigenvalue weighted by Crippen LogP contribution is -2.27. The van der Waals surface area contributed by atoms with Gasteiger partial charge in [0.1, 0.15) is 17.2 Å². The van der Waals surface area contributed by atoms with Crippen LogP contribution in [-0.4, -0.2) is 17.6 Å². The Morgan fingerprint density at radius 1 is 1.30 bits per heavy atom. The molecule has 6 heteroatoms. The molecule has 0 saturated heterocycles. The predicted molar refractivity (Wildman–Crippen MR) is 67.0 cm³/mol. The standard InChI is InChI=1S/C14H13F2NO3/c15-10-2-1-3-11(16)13(10)14(19)17-6-4-12(18)9-5-7-20-8-9/h1-3,5,7-8,12,18H,4,6H2,(H,17,19). The van der Waals surface area contributed by atoms with Crippen molar-refractivity contribution in [1.29, 1.82) is 0 Å². The molecular formula is C14H13F2NO3. The van der Waals surface area contributed by atoms with Gasteiger partial charge in [0.05, 0.1) is 18.6 Å². The topological polar surface area (TPSA) is 62.5 Å². The smallest absolute Gasteiger partial charge is 0.257 e. The Morgan fingerprint density at radius 3 is 2.60 bits per heavy atom. The molecule has 1 unspecified atom stereocenters. The minimum absolute atomic E-state index is 0.0823. The molecule has 2 N–H and O–H groups in total. The van der Waals surface area contributed by atoms with Crippen LogP contribution in [0.5, 0.6) is 0 Å². The molecule has 1 amide bonds. The van der Waals surface area contributed by atoms with E-state index in [0.29, 0.717) is 5.56 Å². The second-order valence-corrected chi connectivity index (χ2v) is 4.21. The number of rotatable bonds is 5. The lowest BCUT2D eigenvalue weighted by atomic mass is 10.1. The van der Waals surface area contributed by atoms with Gasteiger partial charge in [0.25, 0.3) is 5.91 Å². The van der Waals surface area contributed by atoms with E-state index in [9.17, 15) is 18.7 Å². The number of aliphatic hydroxyl groups excluding tert-OH is 1. The zero-order valence-electron chi connectivity index (χ0n) is 10.5. The zero-order valence-corrected chi connectivity index (χ0v) is 10.5. The molecule has 0 aliphatic carbocycles. The van der Waals surface area contributed by atoms with Crippen LogP contribution >= 0.6 is 0 Å². The summed E-state index contributed by atoms with van der Waals surface area (Å²) < 4.78 is 31.5. The molecule has 0 aliphatic heterocycles. The summed E-state index contributed by atoms with van der Waals surface area (Å²) in [5.41, 5.74) is -0.0402. The van der Waals surface area contributed by atoms with E-state index >= 15 is 0 Å². The van der Waals surface area contributed by atoms with Gasteiger partial charge in [0.15, 0.2) is 0 Å². The molecule has 20 heavy (non-hydrogen) atoms. The molecule has 1 aromatic carbocycles. The highest BCUT2D eigenvalue weighted by Gasteiger charge is 2.17. The largest absolute Gasteiger partial charge is 0.472 e. The number of hydrogen-bond acceptors (Lipinski definition) is 3. The normalized spacial score (nSPS) is 12.2. The molecule has 4 nitrogen and oxygen atoms in total. The van der Waals surface area contributed by atoms with E-state index in [0.717, 1.165) is 12.1 Å². The lowest BCUT2D eigenvalue weighted by molar-refractivity contribution is 0.0934. The van der Waals surface area contributed by atoms with Crippen LogP contribution < -0.4 is 5.32 Å². The number of nitrogens with one attached hydrogen (secondary N) is 1. The highest BCUT2D eigenvalue weighted by molar-refractivity contribution is 5.94. The van der Waals surface area contributed by atoms with Crippen molar-refractivity contribution in [2.75, 3.05) is 6.54 Å². The maximum atomic E-state index is 13.3. The van der Waals surface area contributed by atoms with Crippen molar-refractivity contribution in [3.8, 4) is 0 Å². The van der Waals surface area contributed by atoms with Crippen LogP contribution in [0.15, 0.2) is 41.2 Å². The van der Waals surface area contributed by atoms with Crippen molar-refractivity contribution in [3.05, 3.63) is 59.6 Å². The number of furan rings is 1. The van der Waals surface area contributed by atoms with Crippen LogP contribution in [-0.2, 0) is 0 Å². The minimum atomic E-state index is -0.919. The number of aliphatic hydroxyl groups is 1. The Morgan fingerprint density at radius 2 is 2.00 bits per heavy atom. The zero-order chi connectivity index (χ0) is 14.5. The third-order valence-corrected chi connectivity index (χ3v) is 2.82. The van der Waals surface area contributed by atoms with Crippen molar-refractivity contribution in [3.63, 3.8) is 0 Å². The fourth-order valence-electron chi connectivity index (χ4n) is 1.76. The molecule has 0 fully saturated rings. The van der Waals surface area contributed by atoms with Crippen LogP contribution in [0.25, 0.3) is 0 Å². The highest BCUT2D eigenvalue weighted by Crippen LogP contribution is 2.16. The van der Waals surface area contributed by atoms with Crippen LogP contribution in [0.3, 0.4) is 0 Å². The summed E-state index contributed by atoms with van der Waals surface area (Å²) in [6.07, 6.45) is 2.22. The molecular weight excluding hydrogens is 268 g/mol. The van der Waals surface area contributed by atoms with E-state index < -0.39 is 29.2 Å². The summed E-state index contributed by atoms with van der Waals surface area (Å²) in [5.74, 6) is -2.68. The maximum absolute atomic E-state index is 13.3. The Balaban J connectivity index is 1.90. The summed E-state index contributed by atoms with van der Waals surface area (Å²) in [5, 5.41) is 12.1. The van der Waals surface area contributed by atoms with Crippen molar-refractivity contribution in [1.82, 2.24) is 5.32 Å². The third kappa shape index (κ3) is 3.21. The molecule has 2 aromatic rings. The number of carbonyl (C=O) groups excluding carboxylic acids is 1. The molecule has 106 valence electrons. The molecule has 0 radical (unpaired) electrons. The van der Waals surface area contributed by atoms with E-state index in [-0.39, 0.29) is 13.0 Å². The number of carbonyl (C=O) groups is 1. The van der Waals surface area contributed by atoms with Gasteiger partial charge in [-0.1, -0.05) is 6.07 Å². The molecule has 0 saturated carbocycles. The highest BCUT2D eigenvalue weighted by atomic mass is 19.1. The van der Waals surface area contributed by atoms with Gasteiger partial charge >= 0.3 is 0 Å². The minimum Gasteiger partial charge on any atom is -0.472 e. The van der Waals surface area contributed by atoms with Crippen molar-refractivity contribution < 1.29 is 23.1 Å². The first-order valence-corrected chi connectivity index (χ1v) is 6.02. The van der Waals surface area contributed by atoms with Gasteiger partial charge in [-0.3, -0.25) is 4.79 Å². The Labute approximate surface area is 114 Å². The molecule has 2 rings (SSSR count). The van der Waals surface area contributed by atoms with Gasteiger partial charge < -0.3 is 14.8 Å². The molecule has 1 heterocycles. The van der Waals surface area contributed by atoms with Gasteiger partial charge in [0.2, 0.25) is 0 Å².